The zero-order chi connectivity index (χ0) is 13.7. The fraction of sp³-hybridized carbons (Fsp3) is 0.357. The summed E-state index contributed by atoms with van der Waals surface area (Å²) in [5.74, 6) is 1.61. The highest BCUT2D eigenvalue weighted by molar-refractivity contribution is 9.10. The SMILES string of the molecule is CCNCc1ccc(Br)cc1Oc1cnn(CC)c1. The smallest absolute Gasteiger partial charge is 0.165 e. The summed E-state index contributed by atoms with van der Waals surface area (Å²) in [6.45, 7) is 6.70. The van der Waals surface area contributed by atoms with Crippen molar-refractivity contribution in [3.63, 3.8) is 0 Å². The fourth-order valence-electron chi connectivity index (χ4n) is 1.73. The average Bonchev–Trinajstić information content (AvgIpc) is 2.85. The fourth-order valence-corrected chi connectivity index (χ4v) is 2.07. The van der Waals surface area contributed by atoms with Crippen LogP contribution in [0.5, 0.6) is 11.5 Å². The first kappa shape index (κ1) is 14.1. The number of benzene rings is 1. The number of nitrogens with one attached hydrogen (secondary N) is 1. The Labute approximate surface area is 121 Å². The number of halogens is 1. The second-order valence-electron chi connectivity index (χ2n) is 4.17. The van der Waals surface area contributed by atoms with Gasteiger partial charge < -0.3 is 10.1 Å². The van der Waals surface area contributed by atoms with Crippen LogP contribution in [0.15, 0.2) is 35.1 Å². The third-order valence-electron chi connectivity index (χ3n) is 2.76. The highest BCUT2D eigenvalue weighted by Gasteiger charge is 2.07. The molecule has 0 radical (unpaired) electrons. The van der Waals surface area contributed by atoms with Crippen LogP contribution in [-0.2, 0) is 13.1 Å². The summed E-state index contributed by atoms with van der Waals surface area (Å²) in [4.78, 5) is 0. The quantitative estimate of drug-likeness (QED) is 0.883. The summed E-state index contributed by atoms with van der Waals surface area (Å²) in [5.41, 5.74) is 1.13. The van der Waals surface area contributed by atoms with E-state index in [9.17, 15) is 0 Å². The van der Waals surface area contributed by atoms with Crippen LogP contribution in [0.1, 0.15) is 19.4 Å². The van der Waals surface area contributed by atoms with Gasteiger partial charge in [0.25, 0.3) is 0 Å². The van der Waals surface area contributed by atoms with E-state index in [4.69, 9.17) is 4.74 Å². The molecule has 0 atom stereocenters. The molecule has 0 aliphatic carbocycles. The van der Waals surface area contributed by atoms with Crippen LogP contribution in [0.2, 0.25) is 0 Å². The van der Waals surface area contributed by atoms with E-state index in [0.717, 1.165) is 41.2 Å². The molecule has 0 unspecified atom stereocenters. The number of rotatable bonds is 6. The third kappa shape index (κ3) is 3.81. The number of ether oxygens (including phenoxy) is 1. The Hall–Kier alpha value is -1.33. The summed E-state index contributed by atoms with van der Waals surface area (Å²) in [6.07, 6.45) is 3.64. The van der Waals surface area contributed by atoms with Crippen molar-refractivity contribution in [3.8, 4) is 11.5 Å². The first-order valence-electron chi connectivity index (χ1n) is 6.42. The van der Waals surface area contributed by atoms with Gasteiger partial charge >= 0.3 is 0 Å². The number of aryl methyl sites for hydroxylation is 1. The van der Waals surface area contributed by atoms with Gasteiger partial charge in [0.05, 0.1) is 12.4 Å². The molecule has 19 heavy (non-hydrogen) atoms. The monoisotopic (exact) mass is 323 g/mol. The predicted molar refractivity (Wildman–Crippen MR) is 79.5 cm³/mol. The van der Waals surface area contributed by atoms with Crippen molar-refractivity contribution in [2.45, 2.75) is 26.9 Å². The highest BCUT2D eigenvalue weighted by atomic mass is 79.9. The maximum absolute atomic E-state index is 5.92. The lowest BCUT2D eigenvalue weighted by Gasteiger charge is -2.10. The van der Waals surface area contributed by atoms with Crippen LogP contribution in [0.25, 0.3) is 0 Å². The van der Waals surface area contributed by atoms with Crippen molar-refractivity contribution in [1.82, 2.24) is 15.1 Å². The van der Waals surface area contributed by atoms with E-state index in [0.29, 0.717) is 0 Å². The van der Waals surface area contributed by atoms with Crippen molar-refractivity contribution in [1.29, 1.82) is 0 Å². The number of aromatic nitrogens is 2. The van der Waals surface area contributed by atoms with Crippen LogP contribution in [0, 0.1) is 0 Å². The van der Waals surface area contributed by atoms with E-state index < -0.39 is 0 Å². The molecule has 0 saturated heterocycles. The Balaban J connectivity index is 2.19. The molecule has 5 heteroatoms. The van der Waals surface area contributed by atoms with Crippen molar-refractivity contribution in [2.75, 3.05) is 6.54 Å². The molecule has 1 aromatic heterocycles. The molecule has 1 N–H and O–H groups in total. The molecule has 0 fully saturated rings. The maximum Gasteiger partial charge on any atom is 0.165 e. The average molecular weight is 324 g/mol. The lowest BCUT2D eigenvalue weighted by Crippen LogP contribution is -2.12. The Kier molecular flexibility index (Phi) is 4.99. The molecule has 4 nitrogen and oxygen atoms in total. The minimum Gasteiger partial charge on any atom is -0.454 e. The normalized spacial score (nSPS) is 10.7. The van der Waals surface area contributed by atoms with Gasteiger partial charge in [0.2, 0.25) is 0 Å². The number of hydrogen-bond acceptors (Lipinski definition) is 3. The van der Waals surface area contributed by atoms with E-state index in [1.807, 2.05) is 29.9 Å². The summed E-state index contributed by atoms with van der Waals surface area (Å²) < 4.78 is 8.77. The van der Waals surface area contributed by atoms with E-state index in [2.05, 4.69) is 39.3 Å². The van der Waals surface area contributed by atoms with Gasteiger partial charge in [0.1, 0.15) is 5.75 Å². The van der Waals surface area contributed by atoms with Gasteiger partial charge in [-0.3, -0.25) is 4.68 Å². The summed E-state index contributed by atoms with van der Waals surface area (Å²) >= 11 is 3.48. The van der Waals surface area contributed by atoms with Crippen LogP contribution < -0.4 is 10.1 Å². The molecule has 0 aliphatic rings. The summed E-state index contributed by atoms with van der Waals surface area (Å²) in [7, 11) is 0. The Morgan fingerprint density at radius 1 is 1.37 bits per heavy atom. The molecule has 2 aromatic rings. The first-order chi connectivity index (χ1) is 9.22. The molecular weight excluding hydrogens is 306 g/mol. The summed E-state index contributed by atoms with van der Waals surface area (Å²) in [6, 6.07) is 6.07. The second kappa shape index (κ2) is 6.73. The molecule has 0 spiro atoms. The number of hydrogen-bond donors (Lipinski definition) is 1. The molecular formula is C14H18BrN3O. The minimum absolute atomic E-state index is 0.762. The lowest BCUT2D eigenvalue weighted by atomic mass is 10.2. The maximum atomic E-state index is 5.92. The lowest BCUT2D eigenvalue weighted by molar-refractivity contribution is 0.471. The van der Waals surface area contributed by atoms with Crippen LogP contribution in [-0.4, -0.2) is 16.3 Å². The van der Waals surface area contributed by atoms with E-state index >= 15 is 0 Å². The van der Waals surface area contributed by atoms with Crippen LogP contribution in [0.3, 0.4) is 0 Å². The molecule has 0 amide bonds. The van der Waals surface area contributed by atoms with Crippen LogP contribution >= 0.6 is 15.9 Å². The van der Waals surface area contributed by atoms with Crippen molar-refractivity contribution in [2.24, 2.45) is 0 Å². The van der Waals surface area contributed by atoms with Gasteiger partial charge in [-0.05, 0) is 25.6 Å². The summed E-state index contributed by atoms with van der Waals surface area (Å²) in [5, 5.41) is 7.52. The Morgan fingerprint density at radius 3 is 2.89 bits per heavy atom. The van der Waals surface area contributed by atoms with Crippen molar-refractivity contribution < 1.29 is 4.74 Å². The van der Waals surface area contributed by atoms with E-state index in [1.54, 1.807) is 6.20 Å². The van der Waals surface area contributed by atoms with E-state index in [1.165, 1.54) is 0 Å². The minimum atomic E-state index is 0.762. The molecule has 1 aromatic carbocycles. The van der Waals surface area contributed by atoms with Gasteiger partial charge in [-0.2, -0.15) is 5.10 Å². The van der Waals surface area contributed by atoms with Crippen molar-refractivity contribution in [3.05, 3.63) is 40.6 Å². The number of nitrogens with zero attached hydrogens (tertiary/aromatic N) is 2. The molecule has 1 heterocycles. The largest absolute Gasteiger partial charge is 0.454 e. The van der Waals surface area contributed by atoms with Gasteiger partial charge in [-0.1, -0.05) is 28.9 Å². The molecule has 102 valence electrons. The molecule has 0 bridgehead atoms. The molecule has 0 aliphatic heterocycles. The van der Waals surface area contributed by atoms with Gasteiger partial charge in [0.15, 0.2) is 5.75 Å². The topological polar surface area (TPSA) is 39.1 Å². The molecule has 0 saturated carbocycles. The van der Waals surface area contributed by atoms with E-state index in [-0.39, 0.29) is 0 Å². The van der Waals surface area contributed by atoms with Gasteiger partial charge in [-0.25, -0.2) is 0 Å². The highest BCUT2D eigenvalue weighted by Crippen LogP contribution is 2.28. The zero-order valence-electron chi connectivity index (χ0n) is 11.2. The Bertz CT molecular complexity index is 539. The predicted octanol–water partition coefficient (Wildman–Crippen LogP) is 3.57. The van der Waals surface area contributed by atoms with Gasteiger partial charge in [-0.15, -0.1) is 0 Å². The molecule has 2 rings (SSSR count). The third-order valence-corrected chi connectivity index (χ3v) is 3.25. The van der Waals surface area contributed by atoms with Crippen molar-refractivity contribution >= 4 is 15.9 Å². The second-order valence-corrected chi connectivity index (χ2v) is 5.08. The Morgan fingerprint density at radius 2 is 2.21 bits per heavy atom. The first-order valence-corrected chi connectivity index (χ1v) is 7.21. The van der Waals surface area contributed by atoms with Gasteiger partial charge in [0, 0.05) is 23.1 Å². The standard InChI is InChI=1S/C14H18BrN3O/c1-3-16-8-11-5-6-12(15)7-14(11)19-13-9-17-18(4-2)10-13/h5-7,9-10,16H,3-4,8H2,1-2H3. The van der Waals surface area contributed by atoms with Crippen LogP contribution in [0.4, 0.5) is 0 Å². The zero-order valence-corrected chi connectivity index (χ0v) is 12.8.